The van der Waals surface area contributed by atoms with Crippen LogP contribution in [-0.4, -0.2) is 49.1 Å². The van der Waals surface area contributed by atoms with Crippen LogP contribution < -0.4 is 9.64 Å². The second-order valence-electron chi connectivity index (χ2n) is 6.88. The first kappa shape index (κ1) is 19.7. The topological polar surface area (TPSA) is 45.7 Å². The molecule has 0 radical (unpaired) electrons. The van der Waals surface area contributed by atoms with Crippen LogP contribution in [-0.2, 0) is 0 Å². The summed E-state index contributed by atoms with van der Waals surface area (Å²) in [6, 6.07) is 15.6. The smallest absolute Gasteiger partial charge is 0.273 e. The summed E-state index contributed by atoms with van der Waals surface area (Å²) in [7, 11) is 1.67. The van der Waals surface area contributed by atoms with E-state index in [9.17, 15) is 4.79 Å². The molecule has 1 aromatic heterocycles. The Hall–Kier alpha value is -2.57. The van der Waals surface area contributed by atoms with Crippen molar-refractivity contribution in [3.05, 3.63) is 64.1 Å². The van der Waals surface area contributed by atoms with E-state index < -0.39 is 0 Å². The molecule has 1 aliphatic rings. The number of carbonyl (C=O) groups excluding carboxylic acids is 1. The van der Waals surface area contributed by atoms with Gasteiger partial charge in [-0.1, -0.05) is 35.9 Å². The molecule has 150 valence electrons. The zero-order valence-corrected chi connectivity index (χ0v) is 18.0. The Balaban J connectivity index is 1.47. The molecule has 5 nitrogen and oxygen atoms in total. The Labute approximate surface area is 179 Å². The average molecular weight is 428 g/mol. The molecule has 0 aliphatic carbocycles. The van der Waals surface area contributed by atoms with Crippen molar-refractivity contribution in [1.29, 1.82) is 0 Å². The van der Waals surface area contributed by atoms with Gasteiger partial charge in [0.25, 0.3) is 5.91 Å². The zero-order chi connectivity index (χ0) is 20.4. The number of anilines is 1. The summed E-state index contributed by atoms with van der Waals surface area (Å²) in [6.45, 7) is 4.82. The predicted molar refractivity (Wildman–Crippen MR) is 118 cm³/mol. The molecule has 0 bridgehead atoms. The lowest BCUT2D eigenvalue weighted by Crippen LogP contribution is -2.49. The van der Waals surface area contributed by atoms with Crippen LogP contribution in [0.3, 0.4) is 0 Å². The van der Waals surface area contributed by atoms with Gasteiger partial charge in [-0.25, -0.2) is 4.98 Å². The van der Waals surface area contributed by atoms with Crippen LogP contribution in [0.4, 0.5) is 5.69 Å². The third-order valence-corrected chi connectivity index (χ3v) is 6.42. The van der Waals surface area contributed by atoms with Crippen LogP contribution in [0.1, 0.15) is 15.4 Å². The summed E-state index contributed by atoms with van der Waals surface area (Å²) < 4.78 is 5.32. The standard InChI is InChI=1S/C22H22ClN3O2S/c1-15-20(24-21(29-15)18-8-3-4-9-19(18)23)22(27)26-12-10-25(11-13-26)16-6-5-7-17(14-16)28-2/h3-9,14H,10-13H2,1-2H3. The fourth-order valence-electron chi connectivity index (χ4n) is 3.47. The lowest BCUT2D eigenvalue weighted by atomic mass is 10.2. The highest BCUT2D eigenvalue weighted by Crippen LogP contribution is 2.33. The van der Waals surface area contributed by atoms with Crippen molar-refractivity contribution in [2.24, 2.45) is 0 Å². The number of aromatic nitrogens is 1. The monoisotopic (exact) mass is 427 g/mol. The number of carbonyl (C=O) groups is 1. The zero-order valence-electron chi connectivity index (χ0n) is 16.4. The van der Waals surface area contributed by atoms with E-state index in [1.807, 2.05) is 54.3 Å². The van der Waals surface area contributed by atoms with Gasteiger partial charge in [0.2, 0.25) is 0 Å². The summed E-state index contributed by atoms with van der Waals surface area (Å²) >= 11 is 7.81. The Morgan fingerprint density at radius 1 is 1.10 bits per heavy atom. The van der Waals surface area contributed by atoms with Gasteiger partial charge in [0.1, 0.15) is 16.5 Å². The molecule has 0 unspecified atom stereocenters. The number of hydrogen-bond acceptors (Lipinski definition) is 5. The Kier molecular flexibility index (Phi) is 5.74. The highest BCUT2D eigenvalue weighted by atomic mass is 35.5. The van der Waals surface area contributed by atoms with Crippen molar-refractivity contribution in [2.45, 2.75) is 6.92 Å². The fraction of sp³-hybridized carbons (Fsp3) is 0.273. The molecular weight excluding hydrogens is 406 g/mol. The van der Waals surface area contributed by atoms with Gasteiger partial charge in [-0.2, -0.15) is 0 Å². The number of hydrogen-bond donors (Lipinski definition) is 0. The van der Waals surface area contributed by atoms with Crippen molar-refractivity contribution in [1.82, 2.24) is 9.88 Å². The van der Waals surface area contributed by atoms with Crippen molar-refractivity contribution < 1.29 is 9.53 Å². The number of aryl methyl sites for hydroxylation is 1. The number of thiazole rings is 1. The van der Waals surface area contributed by atoms with Crippen molar-refractivity contribution in [3.8, 4) is 16.3 Å². The minimum atomic E-state index is -0.0117. The van der Waals surface area contributed by atoms with Crippen LogP contribution >= 0.6 is 22.9 Å². The van der Waals surface area contributed by atoms with Crippen LogP contribution in [0.25, 0.3) is 10.6 Å². The van der Waals surface area contributed by atoms with E-state index in [4.69, 9.17) is 16.3 Å². The predicted octanol–water partition coefficient (Wildman–Crippen LogP) is 4.74. The van der Waals surface area contributed by atoms with Crippen molar-refractivity contribution in [2.75, 3.05) is 38.2 Å². The maximum atomic E-state index is 13.1. The lowest BCUT2D eigenvalue weighted by Gasteiger charge is -2.36. The van der Waals surface area contributed by atoms with Gasteiger partial charge in [0.05, 0.1) is 12.1 Å². The van der Waals surface area contributed by atoms with E-state index in [-0.39, 0.29) is 5.91 Å². The number of rotatable bonds is 4. The van der Waals surface area contributed by atoms with Crippen LogP contribution in [0.2, 0.25) is 5.02 Å². The van der Waals surface area contributed by atoms with Crippen molar-refractivity contribution in [3.63, 3.8) is 0 Å². The first-order valence-corrected chi connectivity index (χ1v) is 10.7. The molecule has 7 heteroatoms. The quantitative estimate of drug-likeness (QED) is 0.603. The maximum absolute atomic E-state index is 13.1. The van der Waals surface area contributed by atoms with E-state index in [1.165, 1.54) is 11.3 Å². The first-order valence-electron chi connectivity index (χ1n) is 9.47. The highest BCUT2D eigenvalue weighted by molar-refractivity contribution is 7.15. The van der Waals surface area contributed by atoms with Gasteiger partial charge in [-0.15, -0.1) is 11.3 Å². The molecule has 0 spiro atoms. The molecule has 29 heavy (non-hydrogen) atoms. The molecule has 3 aromatic rings. The van der Waals surface area contributed by atoms with Crippen molar-refractivity contribution >= 4 is 34.5 Å². The molecule has 1 saturated heterocycles. The van der Waals surface area contributed by atoms with Gasteiger partial charge in [0.15, 0.2) is 0 Å². The van der Waals surface area contributed by atoms with Gasteiger partial charge in [0, 0.05) is 48.4 Å². The number of methoxy groups -OCH3 is 1. The number of nitrogens with zero attached hydrogens (tertiary/aromatic N) is 3. The lowest BCUT2D eigenvalue weighted by molar-refractivity contribution is 0.0741. The summed E-state index contributed by atoms with van der Waals surface area (Å²) in [4.78, 5) is 22.8. The Morgan fingerprint density at radius 3 is 2.59 bits per heavy atom. The maximum Gasteiger partial charge on any atom is 0.273 e. The molecule has 0 N–H and O–H groups in total. The molecule has 1 fully saturated rings. The largest absolute Gasteiger partial charge is 0.497 e. The van der Waals surface area contributed by atoms with E-state index in [1.54, 1.807) is 7.11 Å². The number of piperazine rings is 1. The highest BCUT2D eigenvalue weighted by Gasteiger charge is 2.26. The van der Waals surface area contributed by atoms with Crippen LogP contribution in [0.15, 0.2) is 48.5 Å². The number of ether oxygens (including phenoxy) is 1. The van der Waals surface area contributed by atoms with Gasteiger partial charge >= 0.3 is 0 Å². The molecule has 1 aliphatic heterocycles. The summed E-state index contributed by atoms with van der Waals surface area (Å²) in [5.74, 6) is 0.827. The van der Waals surface area contributed by atoms with Gasteiger partial charge in [-0.3, -0.25) is 4.79 Å². The first-order chi connectivity index (χ1) is 14.1. The second kappa shape index (κ2) is 8.43. The number of benzene rings is 2. The third-order valence-electron chi connectivity index (χ3n) is 5.09. The van der Waals surface area contributed by atoms with Crippen LogP contribution in [0.5, 0.6) is 5.75 Å². The molecule has 2 heterocycles. The molecule has 1 amide bonds. The van der Waals surface area contributed by atoms with E-state index in [0.29, 0.717) is 23.8 Å². The third kappa shape index (κ3) is 4.09. The number of amides is 1. The SMILES string of the molecule is COc1cccc(N2CCN(C(=O)c3nc(-c4ccccc4Cl)sc3C)CC2)c1. The summed E-state index contributed by atoms with van der Waals surface area (Å²) in [5.41, 5.74) is 2.51. The molecular formula is C22H22ClN3O2S. The van der Waals surface area contributed by atoms with E-state index >= 15 is 0 Å². The molecule has 0 saturated carbocycles. The van der Waals surface area contributed by atoms with E-state index in [2.05, 4.69) is 16.0 Å². The normalized spacial score (nSPS) is 14.2. The van der Waals surface area contributed by atoms with Gasteiger partial charge < -0.3 is 14.5 Å². The molecule has 4 rings (SSSR count). The van der Waals surface area contributed by atoms with Gasteiger partial charge in [-0.05, 0) is 25.1 Å². The fourth-order valence-corrected chi connectivity index (χ4v) is 4.70. The van der Waals surface area contributed by atoms with E-state index in [0.717, 1.165) is 40.0 Å². The molecule has 2 aromatic carbocycles. The minimum absolute atomic E-state index is 0.0117. The number of halogens is 1. The summed E-state index contributed by atoms with van der Waals surface area (Å²) in [5, 5.41) is 1.43. The Morgan fingerprint density at radius 2 is 1.86 bits per heavy atom. The molecule has 0 atom stereocenters. The average Bonchev–Trinajstić information content (AvgIpc) is 3.15. The minimum Gasteiger partial charge on any atom is -0.497 e. The second-order valence-corrected chi connectivity index (χ2v) is 8.49. The Bertz CT molecular complexity index is 1030. The van der Waals surface area contributed by atoms with Crippen LogP contribution in [0, 0.1) is 6.92 Å². The summed E-state index contributed by atoms with van der Waals surface area (Å²) in [6.07, 6.45) is 0.